The fourth-order valence-electron chi connectivity index (χ4n) is 9.12. The monoisotopic (exact) mass is 546 g/mol. The molecule has 6 saturated carbocycles. The molecule has 0 saturated heterocycles. The van der Waals surface area contributed by atoms with E-state index in [1.54, 1.807) is 19.9 Å². The first kappa shape index (κ1) is 22.8. The molecule has 9 rings (SSSR count). The number of benzene rings is 1. The van der Waals surface area contributed by atoms with E-state index in [2.05, 4.69) is 0 Å². The second kappa shape index (κ2) is 6.31. The van der Waals surface area contributed by atoms with Crippen LogP contribution in [0.25, 0.3) is 11.0 Å². The summed E-state index contributed by atoms with van der Waals surface area (Å²) in [5.41, 5.74) is -4.45. The average Bonchev–Trinajstić information content (AvgIpc) is 3.21. The minimum Gasteiger partial charge on any atom is -0.483 e. The van der Waals surface area contributed by atoms with Gasteiger partial charge in [-0.05, 0) is 56.7 Å². The van der Waals surface area contributed by atoms with Crippen molar-refractivity contribution in [2.75, 3.05) is 0 Å². The van der Waals surface area contributed by atoms with E-state index >= 15 is 0 Å². The molecule has 11 nitrogen and oxygen atoms in total. The first-order valence-electron chi connectivity index (χ1n) is 13.5. The third kappa shape index (κ3) is 2.12. The summed E-state index contributed by atoms with van der Waals surface area (Å²) in [6.07, 6.45) is -1.13. The minimum atomic E-state index is -1.46. The Bertz CT molecular complexity index is 1750. The largest absolute Gasteiger partial charge is 0.483 e. The van der Waals surface area contributed by atoms with E-state index in [1.807, 2.05) is 0 Å². The molecule has 1 aromatic heterocycles. The number of esters is 2. The SMILES string of the molecule is CC1(C)Oc2ccc3cc(C(=O)O)c(=O)oc3c2[C@@H](OC(=O)C23C4CC2C3C4=O)[C@H]1OC(=O)C12C3CC1C2C3=O. The summed E-state index contributed by atoms with van der Waals surface area (Å²) in [4.78, 5) is 75.8. The number of ether oxygens (including phenoxy) is 3. The molecule has 1 aliphatic heterocycles. The lowest BCUT2D eigenvalue weighted by molar-refractivity contribution is -0.207. The Hall–Kier alpha value is -4.02. The topological polar surface area (TPSA) is 163 Å². The van der Waals surface area contributed by atoms with Crippen LogP contribution in [0.1, 0.15) is 48.7 Å². The maximum atomic E-state index is 13.6. The van der Waals surface area contributed by atoms with Crippen LogP contribution in [0.5, 0.6) is 5.75 Å². The van der Waals surface area contributed by atoms with E-state index in [0.717, 1.165) is 0 Å². The molecule has 1 aromatic carbocycles. The number of aromatic carboxylic acids is 1. The van der Waals surface area contributed by atoms with Crippen LogP contribution in [-0.4, -0.2) is 46.3 Å². The summed E-state index contributed by atoms with van der Waals surface area (Å²) in [5.74, 6) is -3.64. The number of Topliss-reactive ketones (excluding diaryl/α,β-unsaturated/α-hetero) is 2. The zero-order valence-corrected chi connectivity index (χ0v) is 21.3. The second-order valence-electron chi connectivity index (χ2n) is 12.9. The Morgan fingerprint density at radius 3 is 2.05 bits per heavy atom. The quantitative estimate of drug-likeness (QED) is 0.430. The zero-order valence-electron chi connectivity index (χ0n) is 21.3. The molecule has 6 fully saturated rings. The summed E-state index contributed by atoms with van der Waals surface area (Å²) < 4.78 is 23.9. The number of rotatable bonds is 5. The van der Waals surface area contributed by atoms with Gasteiger partial charge in [0.15, 0.2) is 12.2 Å². The Labute approximate surface area is 224 Å². The number of hydrogen-bond donors (Lipinski definition) is 1. The molecule has 204 valence electrons. The highest BCUT2D eigenvalue weighted by molar-refractivity contribution is 6.12. The van der Waals surface area contributed by atoms with Crippen LogP contribution in [0.4, 0.5) is 0 Å². The normalized spacial score (nSPS) is 42.8. The van der Waals surface area contributed by atoms with Crippen LogP contribution >= 0.6 is 0 Å². The number of carbonyl (C=O) groups is 5. The van der Waals surface area contributed by atoms with Crippen LogP contribution < -0.4 is 10.4 Å². The van der Waals surface area contributed by atoms with E-state index in [9.17, 15) is 33.9 Å². The molecule has 0 bridgehead atoms. The highest BCUT2D eigenvalue weighted by Crippen LogP contribution is 2.86. The van der Waals surface area contributed by atoms with Crippen LogP contribution in [0.2, 0.25) is 0 Å². The van der Waals surface area contributed by atoms with Gasteiger partial charge in [-0.1, -0.05) is 0 Å². The lowest BCUT2D eigenvalue weighted by atomic mass is 9.64. The van der Waals surface area contributed by atoms with Crippen molar-refractivity contribution in [1.82, 2.24) is 0 Å². The average molecular weight is 546 g/mol. The molecular weight excluding hydrogens is 524 g/mol. The van der Waals surface area contributed by atoms with E-state index < -0.39 is 57.7 Å². The van der Waals surface area contributed by atoms with E-state index in [0.29, 0.717) is 12.8 Å². The van der Waals surface area contributed by atoms with Crippen molar-refractivity contribution < 1.29 is 47.7 Å². The van der Waals surface area contributed by atoms with E-state index in [-0.39, 0.29) is 69.4 Å². The van der Waals surface area contributed by atoms with Gasteiger partial charge in [-0.15, -0.1) is 0 Å². The number of carboxylic acid groups (broad SMARTS) is 1. The lowest BCUT2D eigenvalue weighted by Crippen LogP contribution is -2.57. The summed E-state index contributed by atoms with van der Waals surface area (Å²) >= 11 is 0. The Kier molecular flexibility index (Phi) is 3.59. The van der Waals surface area contributed by atoms with Gasteiger partial charge in [0.2, 0.25) is 0 Å². The standard InChI is InChI=1S/C29H22O11/c1-27(2)22(39-26(36)29-11-7-13(29)19(31)17(11)29)21(38-25(35)28-10-6-12(28)18(30)16(10)28)15-14(40-27)4-3-8-5-9(23(32)33)24(34)37-20(8)15/h3-5,10-13,16-17,21-22H,6-7H2,1-2H3,(H,32,33)/t10?,11?,12?,13?,16?,17?,21-,22-,28?,29?/m1/s1. The number of hydrogen-bond acceptors (Lipinski definition) is 10. The van der Waals surface area contributed by atoms with Crippen molar-refractivity contribution in [2.45, 2.75) is 44.5 Å². The molecule has 0 spiro atoms. The van der Waals surface area contributed by atoms with Crippen molar-refractivity contribution >= 4 is 40.4 Å². The fraction of sp³-hybridized carbons (Fsp3) is 0.517. The minimum absolute atomic E-state index is 0.0223. The van der Waals surface area contributed by atoms with Crippen molar-refractivity contribution in [3.8, 4) is 5.75 Å². The van der Waals surface area contributed by atoms with Crippen LogP contribution in [0.3, 0.4) is 0 Å². The van der Waals surface area contributed by atoms with Crippen molar-refractivity contribution in [1.29, 1.82) is 0 Å². The molecule has 0 radical (unpaired) electrons. The summed E-state index contributed by atoms with van der Waals surface area (Å²) in [7, 11) is 0. The third-order valence-corrected chi connectivity index (χ3v) is 11.2. The highest BCUT2D eigenvalue weighted by Gasteiger charge is 2.94. The maximum absolute atomic E-state index is 13.6. The highest BCUT2D eigenvalue weighted by atomic mass is 16.6. The Balaban J connectivity index is 1.16. The summed E-state index contributed by atoms with van der Waals surface area (Å²) in [5, 5.41) is 9.66. The first-order chi connectivity index (χ1) is 19.0. The predicted octanol–water partition coefficient (Wildman–Crippen LogP) is 1.83. The van der Waals surface area contributed by atoms with Gasteiger partial charge < -0.3 is 23.7 Å². The molecule has 2 heterocycles. The smallest absolute Gasteiger partial charge is 0.351 e. The molecule has 1 N–H and O–H groups in total. The zero-order chi connectivity index (χ0) is 27.8. The summed E-state index contributed by atoms with van der Waals surface area (Å²) in [6, 6.07) is 4.25. The number of carboxylic acids is 1. The molecule has 6 aliphatic carbocycles. The molecular formula is C29H22O11. The van der Waals surface area contributed by atoms with Gasteiger partial charge in [-0.3, -0.25) is 19.2 Å². The molecule has 10 atom stereocenters. The lowest BCUT2D eigenvalue weighted by Gasteiger charge is -2.46. The molecule has 2 aromatic rings. The van der Waals surface area contributed by atoms with Crippen molar-refractivity contribution in [2.24, 2.45) is 46.3 Å². The van der Waals surface area contributed by atoms with Gasteiger partial charge in [0.05, 0.1) is 16.4 Å². The molecule has 11 heteroatoms. The van der Waals surface area contributed by atoms with Crippen LogP contribution in [-0.2, 0) is 28.7 Å². The Morgan fingerprint density at radius 1 is 0.925 bits per heavy atom. The van der Waals surface area contributed by atoms with Gasteiger partial charge in [-0.2, -0.15) is 0 Å². The molecule has 7 aliphatic rings. The van der Waals surface area contributed by atoms with Crippen molar-refractivity contribution in [3.05, 3.63) is 39.7 Å². The fourth-order valence-corrected chi connectivity index (χ4v) is 9.12. The van der Waals surface area contributed by atoms with Gasteiger partial charge >= 0.3 is 23.5 Å². The third-order valence-electron chi connectivity index (χ3n) is 11.2. The molecule has 8 unspecified atom stereocenters. The van der Waals surface area contributed by atoms with Gasteiger partial charge in [0.1, 0.15) is 34.1 Å². The Morgan fingerprint density at radius 2 is 1.52 bits per heavy atom. The predicted molar refractivity (Wildman–Crippen MR) is 128 cm³/mol. The van der Waals surface area contributed by atoms with E-state index in [4.69, 9.17) is 18.6 Å². The van der Waals surface area contributed by atoms with Gasteiger partial charge in [0.25, 0.3) is 0 Å². The number of ketones is 2. The summed E-state index contributed by atoms with van der Waals surface area (Å²) in [6.45, 7) is 3.36. The number of carbonyl (C=O) groups excluding carboxylic acids is 4. The second-order valence-corrected chi connectivity index (χ2v) is 12.9. The van der Waals surface area contributed by atoms with Gasteiger partial charge in [-0.25, -0.2) is 9.59 Å². The maximum Gasteiger partial charge on any atom is 0.351 e. The van der Waals surface area contributed by atoms with Crippen molar-refractivity contribution in [3.63, 3.8) is 0 Å². The molecule has 40 heavy (non-hydrogen) atoms. The van der Waals surface area contributed by atoms with Crippen LogP contribution in [0, 0.1) is 46.3 Å². The first-order valence-corrected chi connectivity index (χ1v) is 13.5. The van der Waals surface area contributed by atoms with Gasteiger partial charge in [0, 0.05) is 29.1 Å². The molecule has 0 amide bonds. The van der Waals surface area contributed by atoms with E-state index in [1.165, 1.54) is 12.1 Å². The van der Waals surface area contributed by atoms with Crippen LogP contribution in [0.15, 0.2) is 27.4 Å². The number of fused-ring (bicyclic) bond motifs is 5.